The highest BCUT2D eigenvalue weighted by molar-refractivity contribution is 6.15. The lowest BCUT2D eigenvalue weighted by Crippen LogP contribution is -2.25. The summed E-state index contributed by atoms with van der Waals surface area (Å²) in [5.41, 5.74) is 3.12. The van der Waals surface area contributed by atoms with E-state index in [1.807, 2.05) is 24.3 Å². The van der Waals surface area contributed by atoms with Gasteiger partial charge >= 0.3 is 0 Å². The van der Waals surface area contributed by atoms with Crippen molar-refractivity contribution in [2.45, 2.75) is 25.3 Å². The molecule has 1 aliphatic carbocycles. The first-order chi connectivity index (χ1) is 13.2. The number of nitrogens with one attached hydrogen (secondary N) is 1. The first kappa shape index (κ1) is 17.1. The fourth-order valence-corrected chi connectivity index (χ4v) is 3.00. The number of rotatable bonds is 6. The average Bonchev–Trinajstić information content (AvgIpc) is 3.58. The van der Waals surface area contributed by atoms with Crippen LogP contribution in [0.2, 0.25) is 0 Å². The zero-order valence-electron chi connectivity index (χ0n) is 14.8. The summed E-state index contributed by atoms with van der Waals surface area (Å²) in [7, 11) is 0. The molecule has 1 aliphatic rings. The van der Waals surface area contributed by atoms with Crippen LogP contribution in [0, 0.1) is 0 Å². The molecule has 3 aromatic rings. The van der Waals surface area contributed by atoms with Crippen LogP contribution >= 0.6 is 0 Å². The normalized spacial score (nSPS) is 13.2. The Morgan fingerprint density at radius 2 is 1.63 bits per heavy atom. The van der Waals surface area contributed by atoms with Crippen LogP contribution in [0.1, 0.15) is 56.4 Å². The lowest BCUT2D eigenvalue weighted by Gasteiger charge is -2.10. The number of aromatic nitrogens is 2. The molecule has 0 spiro atoms. The van der Waals surface area contributed by atoms with Crippen molar-refractivity contribution in [3.05, 3.63) is 95.1 Å². The van der Waals surface area contributed by atoms with Gasteiger partial charge < -0.3 is 5.32 Å². The third-order valence-corrected chi connectivity index (χ3v) is 4.62. The predicted molar refractivity (Wildman–Crippen MR) is 101 cm³/mol. The van der Waals surface area contributed by atoms with Crippen LogP contribution in [0.25, 0.3) is 0 Å². The number of benzene rings is 2. The van der Waals surface area contributed by atoms with Gasteiger partial charge in [0.2, 0.25) is 0 Å². The van der Waals surface area contributed by atoms with Crippen LogP contribution in [0.5, 0.6) is 0 Å². The second-order valence-electron chi connectivity index (χ2n) is 6.63. The minimum absolute atomic E-state index is 0.167. The molecule has 1 aromatic heterocycles. The standard InChI is InChI=1S/C22H19N3O2/c26-21(16-6-2-1-3-7-16)18-8-4-5-9-19(18)22(27)23-13-17-12-20(15-10-11-15)25-14-24-17/h1-9,12,14-15H,10-11,13H2,(H,23,27). The zero-order valence-corrected chi connectivity index (χ0v) is 14.8. The van der Waals surface area contributed by atoms with Crippen LogP contribution in [-0.4, -0.2) is 21.7 Å². The van der Waals surface area contributed by atoms with E-state index in [-0.39, 0.29) is 11.7 Å². The second-order valence-corrected chi connectivity index (χ2v) is 6.63. The first-order valence-electron chi connectivity index (χ1n) is 9.00. The van der Waals surface area contributed by atoms with Gasteiger partial charge in [-0.05, 0) is 25.0 Å². The second kappa shape index (κ2) is 7.50. The van der Waals surface area contributed by atoms with Gasteiger partial charge in [-0.15, -0.1) is 0 Å². The average molecular weight is 357 g/mol. The molecule has 1 heterocycles. The van der Waals surface area contributed by atoms with Gasteiger partial charge in [-0.3, -0.25) is 9.59 Å². The van der Waals surface area contributed by atoms with Gasteiger partial charge in [0.1, 0.15) is 6.33 Å². The Hall–Kier alpha value is -3.34. The van der Waals surface area contributed by atoms with Crippen LogP contribution in [0.3, 0.4) is 0 Å². The smallest absolute Gasteiger partial charge is 0.252 e. The molecular formula is C22H19N3O2. The first-order valence-corrected chi connectivity index (χ1v) is 9.00. The van der Waals surface area contributed by atoms with Gasteiger partial charge in [0.05, 0.1) is 17.8 Å². The third kappa shape index (κ3) is 3.92. The van der Waals surface area contributed by atoms with E-state index in [0.29, 0.717) is 29.2 Å². The Morgan fingerprint density at radius 3 is 2.37 bits per heavy atom. The van der Waals surface area contributed by atoms with Gasteiger partial charge in [0, 0.05) is 22.7 Å². The summed E-state index contributed by atoms with van der Waals surface area (Å²) in [6.45, 7) is 0.301. The summed E-state index contributed by atoms with van der Waals surface area (Å²) in [6, 6.07) is 17.8. The third-order valence-electron chi connectivity index (χ3n) is 4.62. The molecule has 0 unspecified atom stereocenters. The van der Waals surface area contributed by atoms with Gasteiger partial charge in [0.15, 0.2) is 5.78 Å². The Balaban J connectivity index is 1.51. The topological polar surface area (TPSA) is 72.0 Å². The van der Waals surface area contributed by atoms with E-state index in [9.17, 15) is 9.59 Å². The highest BCUT2D eigenvalue weighted by Crippen LogP contribution is 2.38. The Morgan fingerprint density at radius 1 is 0.926 bits per heavy atom. The molecule has 0 saturated heterocycles. The Kier molecular flexibility index (Phi) is 4.75. The summed E-state index contributed by atoms with van der Waals surface area (Å²) in [5, 5.41) is 2.87. The summed E-state index contributed by atoms with van der Waals surface area (Å²) in [6.07, 6.45) is 3.87. The molecule has 2 aromatic carbocycles. The van der Waals surface area contributed by atoms with E-state index in [4.69, 9.17) is 0 Å². The van der Waals surface area contributed by atoms with E-state index < -0.39 is 0 Å². The van der Waals surface area contributed by atoms with Crippen molar-refractivity contribution in [3.8, 4) is 0 Å². The minimum atomic E-state index is -0.290. The molecule has 1 saturated carbocycles. The number of nitrogens with zero attached hydrogens (tertiary/aromatic N) is 2. The maximum absolute atomic E-state index is 12.8. The quantitative estimate of drug-likeness (QED) is 0.685. The van der Waals surface area contributed by atoms with Crippen molar-refractivity contribution in [2.24, 2.45) is 0 Å². The van der Waals surface area contributed by atoms with Crippen LogP contribution in [0.15, 0.2) is 67.0 Å². The van der Waals surface area contributed by atoms with E-state index in [1.54, 1.807) is 42.7 Å². The summed E-state index contributed by atoms with van der Waals surface area (Å²) in [5.74, 6) is 0.0764. The lowest BCUT2D eigenvalue weighted by atomic mass is 9.98. The van der Waals surface area contributed by atoms with Crippen molar-refractivity contribution >= 4 is 11.7 Å². The number of amides is 1. The molecule has 5 heteroatoms. The van der Waals surface area contributed by atoms with E-state index in [0.717, 1.165) is 24.2 Å². The fourth-order valence-electron chi connectivity index (χ4n) is 3.00. The summed E-state index contributed by atoms with van der Waals surface area (Å²) < 4.78 is 0. The number of hydrogen-bond acceptors (Lipinski definition) is 4. The molecule has 4 rings (SSSR count). The highest BCUT2D eigenvalue weighted by atomic mass is 16.2. The van der Waals surface area contributed by atoms with Gasteiger partial charge in [-0.25, -0.2) is 9.97 Å². The molecule has 0 aliphatic heterocycles. The van der Waals surface area contributed by atoms with Crippen molar-refractivity contribution in [1.29, 1.82) is 0 Å². The molecule has 134 valence electrons. The molecule has 0 radical (unpaired) electrons. The molecule has 27 heavy (non-hydrogen) atoms. The van der Waals surface area contributed by atoms with Gasteiger partial charge in [-0.1, -0.05) is 48.5 Å². The minimum Gasteiger partial charge on any atom is -0.346 e. The van der Waals surface area contributed by atoms with Crippen molar-refractivity contribution in [2.75, 3.05) is 0 Å². The van der Waals surface area contributed by atoms with Crippen LogP contribution in [-0.2, 0) is 6.54 Å². The monoisotopic (exact) mass is 357 g/mol. The lowest BCUT2D eigenvalue weighted by molar-refractivity contribution is 0.0939. The molecule has 1 fully saturated rings. The maximum atomic E-state index is 12.8. The Bertz CT molecular complexity index is 982. The molecule has 1 N–H and O–H groups in total. The van der Waals surface area contributed by atoms with Gasteiger partial charge in [-0.2, -0.15) is 0 Å². The predicted octanol–water partition coefficient (Wildman–Crippen LogP) is 3.52. The van der Waals surface area contributed by atoms with Gasteiger partial charge in [0.25, 0.3) is 5.91 Å². The molecule has 1 amide bonds. The van der Waals surface area contributed by atoms with Crippen LogP contribution in [0.4, 0.5) is 0 Å². The SMILES string of the molecule is O=C(NCc1cc(C2CC2)ncn1)c1ccccc1C(=O)c1ccccc1. The molecule has 5 nitrogen and oxygen atoms in total. The fraction of sp³-hybridized carbons (Fsp3) is 0.182. The van der Waals surface area contributed by atoms with E-state index >= 15 is 0 Å². The van der Waals surface area contributed by atoms with Crippen LogP contribution < -0.4 is 5.32 Å². The molecular weight excluding hydrogens is 338 g/mol. The summed E-state index contributed by atoms with van der Waals surface area (Å²) in [4.78, 5) is 34.0. The molecule has 0 atom stereocenters. The van der Waals surface area contributed by atoms with Crippen molar-refractivity contribution in [3.63, 3.8) is 0 Å². The van der Waals surface area contributed by atoms with Crippen molar-refractivity contribution in [1.82, 2.24) is 15.3 Å². The van der Waals surface area contributed by atoms with E-state index in [1.165, 1.54) is 0 Å². The maximum Gasteiger partial charge on any atom is 0.252 e. The largest absolute Gasteiger partial charge is 0.346 e. The number of carbonyl (C=O) groups is 2. The summed E-state index contributed by atoms with van der Waals surface area (Å²) >= 11 is 0. The number of ketones is 1. The molecule has 0 bridgehead atoms. The number of carbonyl (C=O) groups excluding carboxylic acids is 2. The Labute approximate surface area is 157 Å². The van der Waals surface area contributed by atoms with Crippen molar-refractivity contribution < 1.29 is 9.59 Å². The number of hydrogen-bond donors (Lipinski definition) is 1. The zero-order chi connectivity index (χ0) is 18.6. The highest BCUT2D eigenvalue weighted by Gasteiger charge is 2.25. The van der Waals surface area contributed by atoms with E-state index in [2.05, 4.69) is 15.3 Å².